The van der Waals surface area contributed by atoms with Crippen LogP contribution in [0, 0.1) is 0 Å². The minimum atomic E-state index is -0.872. The third-order valence-electron chi connectivity index (χ3n) is 1.60. The van der Waals surface area contributed by atoms with E-state index in [-0.39, 0.29) is 6.42 Å². The van der Waals surface area contributed by atoms with E-state index < -0.39 is 18.1 Å². The fourth-order valence-corrected chi connectivity index (χ4v) is 0.785. The Morgan fingerprint density at radius 1 is 1.64 bits per heavy atom. The number of aliphatic hydroxyl groups excluding tert-OH is 1. The highest BCUT2D eigenvalue weighted by atomic mass is 16.4. The van der Waals surface area contributed by atoms with Crippen molar-refractivity contribution in [3.05, 3.63) is 0 Å². The van der Waals surface area contributed by atoms with E-state index in [1.165, 1.54) is 0 Å². The molecule has 66 valence electrons. The molecule has 11 heavy (non-hydrogen) atoms. The van der Waals surface area contributed by atoms with Crippen molar-refractivity contribution in [3.63, 3.8) is 0 Å². The normalized spacial score (nSPS) is 15.9. The number of aliphatic hydroxyl groups is 1. The largest absolute Gasteiger partial charge is 0.481 e. The molecule has 4 N–H and O–H groups in total. The van der Waals surface area contributed by atoms with Crippen LogP contribution in [0.25, 0.3) is 0 Å². The number of aliphatic carboxylic acids is 1. The summed E-state index contributed by atoms with van der Waals surface area (Å²) >= 11 is 0. The van der Waals surface area contributed by atoms with Gasteiger partial charge in [0.15, 0.2) is 0 Å². The Bertz CT molecular complexity index is 127. The van der Waals surface area contributed by atoms with Crippen molar-refractivity contribution >= 4 is 5.97 Å². The van der Waals surface area contributed by atoms with Crippen molar-refractivity contribution in [1.29, 1.82) is 0 Å². The first kappa shape index (κ1) is 10.4. The lowest BCUT2D eigenvalue weighted by Crippen LogP contribution is -2.34. The number of hydrogen-bond acceptors (Lipinski definition) is 3. The van der Waals surface area contributed by atoms with Gasteiger partial charge in [0.2, 0.25) is 0 Å². The molecule has 0 fully saturated rings. The maximum atomic E-state index is 10.1. The zero-order valence-electron chi connectivity index (χ0n) is 6.66. The second kappa shape index (κ2) is 5.09. The monoisotopic (exact) mass is 161 g/mol. The Morgan fingerprint density at radius 2 is 2.18 bits per heavy atom. The lowest BCUT2D eigenvalue weighted by Gasteiger charge is -2.15. The summed E-state index contributed by atoms with van der Waals surface area (Å²) in [5.74, 6) is -0.872. The quantitative estimate of drug-likeness (QED) is 0.528. The summed E-state index contributed by atoms with van der Waals surface area (Å²) in [7, 11) is 0. The van der Waals surface area contributed by atoms with Gasteiger partial charge in [0.05, 0.1) is 6.10 Å². The highest BCUT2D eigenvalue weighted by Gasteiger charge is 2.13. The first-order valence-electron chi connectivity index (χ1n) is 3.73. The van der Waals surface area contributed by atoms with Gasteiger partial charge in [0.1, 0.15) is 0 Å². The van der Waals surface area contributed by atoms with E-state index in [0.29, 0.717) is 12.8 Å². The topological polar surface area (TPSA) is 83.5 Å². The second-order valence-electron chi connectivity index (χ2n) is 2.57. The lowest BCUT2D eigenvalue weighted by atomic mass is 10.0. The van der Waals surface area contributed by atoms with Crippen molar-refractivity contribution in [1.82, 2.24) is 0 Å². The standard InChI is InChI=1S/C7H15NO3/c1-2-6(9)5(8)3-4-7(10)11/h5-6,9H,2-4,8H2,1H3,(H,10,11). The molecule has 0 rings (SSSR count). The molecule has 4 nitrogen and oxygen atoms in total. The smallest absolute Gasteiger partial charge is 0.303 e. The van der Waals surface area contributed by atoms with Crippen LogP contribution < -0.4 is 5.73 Å². The van der Waals surface area contributed by atoms with E-state index in [1.54, 1.807) is 0 Å². The van der Waals surface area contributed by atoms with E-state index in [1.807, 2.05) is 6.92 Å². The van der Waals surface area contributed by atoms with Gasteiger partial charge in [0.25, 0.3) is 0 Å². The van der Waals surface area contributed by atoms with Crippen LogP contribution in [0.15, 0.2) is 0 Å². The van der Waals surface area contributed by atoms with Gasteiger partial charge < -0.3 is 15.9 Å². The first-order chi connectivity index (χ1) is 5.07. The van der Waals surface area contributed by atoms with Crippen LogP contribution in [-0.2, 0) is 4.79 Å². The third kappa shape index (κ3) is 4.75. The van der Waals surface area contributed by atoms with Gasteiger partial charge in [-0.25, -0.2) is 0 Å². The third-order valence-corrected chi connectivity index (χ3v) is 1.60. The molecule has 0 saturated carbocycles. The molecule has 0 aromatic carbocycles. The van der Waals surface area contributed by atoms with E-state index in [9.17, 15) is 4.79 Å². The summed E-state index contributed by atoms with van der Waals surface area (Å²) in [6, 6.07) is -0.406. The number of carboxylic acids is 1. The fourth-order valence-electron chi connectivity index (χ4n) is 0.785. The molecule has 0 bridgehead atoms. The van der Waals surface area contributed by atoms with Crippen LogP contribution in [0.1, 0.15) is 26.2 Å². The van der Waals surface area contributed by atoms with Crippen molar-refractivity contribution in [3.8, 4) is 0 Å². The van der Waals surface area contributed by atoms with Crippen molar-refractivity contribution in [2.75, 3.05) is 0 Å². The molecule has 0 aromatic rings. The molecular weight excluding hydrogens is 146 g/mol. The Morgan fingerprint density at radius 3 is 2.55 bits per heavy atom. The van der Waals surface area contributed by atoms with Gasteiger partial charge >= 0.3 is 5.97 Å². The molecule has 0 aromatic heterocycles. The van der Waals surface area contributed by atoms with E-state index in [2.05, 4.69) is 0 Å². The van der Waals surface area contributed by atoms with Crippen LogP contribution in [0.2, 0.25) is 0 Å². The summed E-state index contributed by atoms with van der Waals surface area (Å²) in [6.07, 6.45) is 0.359. The van der Waals surface area contributed by atoms with Crippen LogP contribution in [-0.4, -0.2) is 28.3 Å². The molecule has 0 aliphatic rings. The number of nitrogens with two attached hydrogens (primary N) is 1. The molecule has 0 amide bonds. The maximum Gasteiger partial charge on any atom is 0.303 e. The maximum absolute atomic E-state index is 10.1. The molecule has 2 atom stereocenters. The van der Waals surface area contributed by atoms with Crippen molar-refractivity contribution in [2.24, 2.45) is 5.73 Å². The highest BCUT2D eigenvalue weighted by molar-refractivity contribution is 5.66. The van der Waals surface area contributed by atoms with Crippen molar-refractivity contribution in [2.45, 2.75) is 38.3 Å². The molecule has 2 unspecified atom stereocenters. The predicted octanol–water partition coefficient (Wildman–Crippen LogP) is -0.0506. The summed E-state index contributed by atoms with van der Waals surface area (Å²) in [4.78, 5) is 10.1. The zero-order chi connectivity index (χ0) is 8.85. The van der Waals surface area contributed by atoms with Gasteiger partial charge in [-0.05, 0) is 12.8 Å². The zero-order valence-corrected chi connectivity index (χ0v) is 6.66. The molecular formula is C7H15NO3. The molecule has 0 aliphatic heterocycles. The van der Waals surface area contributed by atoms with Gasteiger partial charge in [-0.15, -0.1) is 0 Å². The minimum absolute atomic E-state index is 0.0260. The average Bonchev–Trinajstić information content (AvgIpc) is 1.98. The predicted molar refractivity (Wildman–Crippen MR) is 41.1 cm³/mol. The highest BCUT2D eigenvalue weighted by Crippen LogP contribution is 2.02. The first-order valence-corrected chi connectivity index (χ1v) is 3.73. The molecule has 0 spiro atoms. The summed E-state index contributed by atoms with van der Waals surface area (Å²) in [5, 5.41) is 17.4. The SMILES string of the molecule is CCC(O)C(N)CCC(=O)O. The number of carbonyl (C=O) groups is 1. The van der Waals surface area contributed by atoms with Gasteiger partial charge in [0, 0.05) is 12.5 Å². The Balaban J connectivity index is 3.51. The summed E-state index contributed by atoms with van der Waals surface area (Å²) in [6.45, 7) is 1.81. The van der Waals surface area contributed by atoms with Crippen LogP contribution in [0.4, 0.5) is 0 Å². The Labute approximate surface area is 66.0 Å². The Hall–Kier alpha value is -0.610. The van der Waals surface area contributed by atoms with Gasteiger partial charge in [-0.3, -0.25) is 4.79 Å². The molecule has 0 heterocycles. The van der Waals surface area contributed by atoms with E-state index in [4.69, 9.17) is 15.9 Å². The van der Waals surface area contributed by atoms with Crippen LogP contribution in [0.3, 0.4) is 0 Å². The van der Waals surface area contributed by atoms with E-state index in [0.717, 1.165) is 0 Å². The van der Waals surface area contributed by atoms with Crippen molar-refractivity contribution < 1.29 is 15.0 Å². The fraction of sp³-hybridized carbons (Fsp3) is 0.857. The Kier molecular flexibility index (Phi) is 4.81. The van der Waals surface area contributed by atoms with Gasteiger partial charge in [-0.2, -0.15) is 0 Å². The van der Waals surface area contributed by atoms with Crippen LogP contribution in [0.5, 0.6) is 0 Å². The van der Waals surface area contributed by atoms with E-state index >= 15 is 0 Å². The lowest BCUT2D eigenvalue weighted by molar-refractivity contribution is -0.137. The second-order valence-corrected chi connectivity index (χ2v) is 2.57. The van der Waals surface area contributed by atoms with Gasteiger partial charge in [-0.1, -0.05) is 6.92 Å². The summed E-state index contributed by atoms with van der Waals surface area (Å²) in [5.41, 5.74) is 5.46. The molecule has 0 saturated heterocycles. The van der Waals surface area contributed by atoms with Crippen LogP contribution >= 0.6 is 0 Å². The minimum Gasteiger partial charge on any atom is -0.481 e. The number of carboxylic acid groups (broad SMARTS) is 1. The number of rotatable bonds is 5. The summed E-state index contributed by atoms with van der Waals surface area (Å²) < 4.78 is 0. The molecule has 4 heteroatoms. The molecule has 0 aliphatic carbocycles. The molecule has 0 radical (unpaired) electrons. The number of hydrogen-bond donors (Lipinski definition) is 3. The average molecular weight is 161 g/mol.